The first-order chi connectivity index (χ1) is 22.2. The summed E-state index contributed by atoms with van der Waals surface area (Å²) >= 11 is 6.61. The molecule has 0 radical (unpaired) electrons. The molecule has 2 aromatic carbocycles. The first-order valence-electron chi connectivity index (χ1n) is 14.9. The maximum atomic E-state index is 12.0. The molecule has 0 atom stereocenters. The van der Waals surface area contributed by atoms with Gasteiger partial charge in [0.2, 0.25) is 0 Å². The van der Waals surface area contributed by atoms with Crippen LogP contribution in [0.25, 0.3) is 11.1 Å². The van der Waals surface area contributed by atoms with Crippen LogP contribution in [0.1, 0.15) is 50.7 Å². The molecule has 0 saturated heterocycles. The van der Waals surface area contributed by atoms with E-state index in [1.807, 2.05) is 42.1 Å². The molecule has 0 amide bonds. The summed E-state index contributed by atoms with van der Waals surface area (Å²) in [4.78, 5) is 44.1. The average Bonchev–Trinajstić information content (AvgIpc) is 3.77. The predicted octanol–water partition coefficient (Wildman–Crippen LogP) is 7.00. The molecular formula is C35H32BrN3O5S2. The van der Waals surface area contributed by atoms with Crippen LogP contribution in [-0.2, 0) is 55.5 Å². The number of benzene rings is 2. The molecule has 0 spiro atoms. The Bertz CT molecular complexity index is 1930. The number of aryl methyl sites for hydroxylation is 4. The largest absolute Gasteiger partial charge is 0.486 e. The quantitative estimate of drug-likeness (QED) is 0.179. The van der Waals surface area contributed by atoms with Crippen molar-refractivity contribution in [3.05, 3.63) is 112 Å². The Labute approximate surface area is 283 Å². The zero-order valence-corrected chi connectivity index (χ0v) is 28.7. The van der Waals surface area contributed by atoms with Crippen molar-refractivity contribution in [2.24, 2.45) is 7.05 Å². The van der Waals surface area contributed by atoms with Crippen LogP contribution in [0.15, 0.2) is 68.9 Å². The number of nitrogens with zero attached hydrogens (tertiary/aromatic N) is 3. The van der Waals surface area contributed by atoms with E-state index in [9.17, 15) is 14.4 Å². The highest BCUT2D eigenvalue weighted by atomic mass is 79.9. The van der Waals surface area contributed by atoms with Gasteiger partial charge < -0.3 is 14.0 Å². The number of aromatic nitrogens is 3. The number of pyridine rings is 1. The van der Waals surface area contributed by atoms with Gasteiger partial charge in [0.1, 0.15) is 46.3 Å². The van der Waals surface area contributed by atoms with Gasteiger partial charge in [0.25, 0.3) is 5.56 Å². The molecule has 0 N–H and O–H groups in total. The highest BCUT2D eigenvalue weighted by Gasteiger charge is 2.22. The molecule has 2 aliphatic rings. The van der Waals surface area contributed by atoms with Crippen molar-refractivity contribution < 1.29 is 19.1 Å². The fourth-order valence-electron chi connectivity index (χ4n) is 5.72. The second-order valence-corrected chi connectivity index (χ2v) is 14.2. The highest BCUT2D eigenvalue weighted by Crippen LogP contribution is 2.35. The summed E-state index contributed by atoms with van der Waals surface area (Å²) in [7, 11) is 1.76. The monoisotopic (exact) mass is 717 g/mol. The van der Waals surface area contributed by atoms with E-state index in [4.69, 9.17) is 9.47 Å². The maximum Gasteiger partial charge on any atom is 0.253 e. The van der Waals surface area contributed by atoms with E-state index in [2.05, 4.69) is 38.0 Å². The second-order valence-electron chi connectivity index (χ2n) is 11.3. The van der Waals surface area contributed by atoms with Crippen LogP contribution in [0, 0.1) is 6.92 Å². The molecule has 0 aliphatic heterocycles. The van der Waals surface area contributed by atoms with Crippen LogP contribution in [0.2, 0.25) is 0 Å². The first kappa shape index (κ1) is 32.0. The minimum atomic E-state index is 0.00236. The Hall–Kier alpha value is -3.93. The molecule has 2 aliphatic carbocycles. The third kappa shape index (κ3) is 7.54. The number of rotatable bonds is 7. The van der Waals surface area contributed by atoms with Crippen molar-refractivity contribution in [2.75, 3.05) is 0 Å². The van der Waals surface area contributed by atoms with Crippen LogP contribution >= 0.6 is 38.6 Å². The van der Waals surface area contributed by atoms with Crippen molar-refractivity contribution in [1.29, 1.82) is 0 Å². The first-order valence-corrected chi connectivity index (χ1v) is 17.5. The summed E-state index contributed by atoms with van der Waals surface area (Å²) in [6.45, 7) is 2.66. The van der Waals surface area contributed by atoms with Crippen molar-refractivity contribution in [1.82, 2.24) is 14.5 Å². The van der Waals surface area contributed by atoms with Crippen molar-refractivity contribution in [3.63, 3.8) is 0 Å². The normalized spacial score (nSPS) is 13.8. The maximum absolute atomic E-state index is 12.0. The Kier molecular flexibility index (Phi) is 9.91. The van der Waals surface area contributed by atoms with Gasteiger partial charge >= 0.3 is 0 Å². The predicted molar refractivity (Wildman–Crippen MR) is 183 cm³/mol. The van der Waals surface area contributed by atoms with Crippen LogP contribution < -0.4 is 15.0 Å². The highest BCUT2D eigenvalue weighted by molar-refractivity contribution is 9.10. The van der Waals surface area contributed by atoms with Gasteiger partial charge in [-0.15, -0.1) is 22.7 Å². The lowest BCUT2D eigenvalue weighted by Gasteiger charge is -2.21. The number of thiazole rings is 2. The zero-order chi connectivity index (χ0) is 32.2. The van der Waals surface area contributed by atoms with E-state index in [-0.39, 0.29) is 17.1 Å². The van der Waals surface area contributed by atoms with Gasteiger partial charge in [-0.3, -0.25) is 14.4 Å². The van der Waals surface area contributed by atoms with Gasteiger partial charge in [-0.25, -0.2) is 9.97 Å². The molecule has 0 saturated carbocycles. The smallest absolute Gasteiger partial charge is 0.253 e. The van der Waals surface area contributed by atoms with Gasteiger partial charge in [-0.1, -0.05) is 22.0 Å². The molecule has 3 heterocycles. The summed E-state index contributed by atoms with van der Waals surface area (Å²) in [5, 5.41) is 5.69. The van der Waals surface area contributed by atoms with E-state index in [0.717, 1.165) is 66.6 Å². The summed E-state index contributed by atoms with van der Waals surface area (Å²) in [6.07, 6.45) is 8.99. The number of hydrogen-bond donors (Lipinski definition) is 0. The molecule has 236 valence electrons. The molecule has 5 aromatic rings. The van der Waals surface area contributed by atoms with Crippen LogP contribution in [0.4, 0.5) is 0 Å². The molecular weight excluding hydrogens is 686 g/mol. The van der Waals surface area contributed by atoms with Crippen molar-refractivity contribution in [3.8, 4) is 22.6 Å². The average molecular weight is 719 g/mol. The molecule has 46 heavy (non-hydrogen) atoms. The van der Waals surface area contributed by atoms with Crippen LogP contribution in [-0.4, -0.2) is 26.1 Å². The van der Waals surface area contributed by atoms with Crippen molar-refractivity contribution in [2.45, 2.75) is 58.7 Å². The molecule has 11 heteroatoms. The number of ketones is 2. The van der Waals surface area contributed by atoms with E-state index >= 15 is 0 Å². The molecule has 0 unspecified atom stereocenters. The van der Waals surface area contributed by atoms with E-state index in [1.54, 1.807) is 46.7 Å². The molecule has 0 bridgehead atoms. The third-order valence-electron chi connectivity index (χ3n) is 8.03. The van der Waals surface area contributed by atoms with Gasteiger partial charge in [0, 0.05) is 83.2 Å². The van der Waals surface area contributed by atoms with Crippen molar-refractivity contribution >= 4 is 50.2 Å². The van der Waals surface area contributed by atoms with Gasteiger partial charge in [-0.2, -0.15) is 0 Å². The lowest BCUT2D eigenvalue weighted by atomic mass is 9.87. The number of fused-ring (bicyclic) bond motifs is 2. The number of carbonyl (C=O) groups is 2. The number of carbonyl (C=O) groups excluding carboxylic acids is 2. The molecule has 0 fully saturated rings. The fourth-order valence-corrected chi connectivity index (χ4v) is 7.26. The topological polar surface area (TPSA) is 100 Å². The summed E-state index contributed by atoms with van der Waals surface area (Å²) < 4.78 is 14.5. The minimum Gasteiger partial charge on any atom is -0.486 e. The minimum absolute atomic E-state index is 0.00236. The SMILES string of the molecule is Cc1cc(-c2cc3c(c(OCc4nccs4)c2)CC(=O)CC3)cn(C)c1=O.O=C1CCc2cc(Br)cc(OCc3nccs3)c2C1. The zero-order valence-electron chi connectivity index (χ0n) is 25.5. The van der Waals surface area contributed by atoms with Gasteiger partial charge in [0.05, 0.1) is 0 Å². The summed E-state index contributed by atoms with van der Waals surface area (Å²) in [6, 6.07) is 10.0. The van der Waals surface area contributed by atoms with E-state index < -0.39 is 0 Å². The lowest BCUT2D eigenvalue weighted by Crippen LogP contribution is -2.18. The number of halogens is 1. The molecule has 8 nitrogen and oxygen atoms in total. The molecule has 3 aromatic heterocycles. The summed E-state index contributed by atoms with van der Waals surface area (Å²) in [5.74, 6) is 2.06. The fraction of sp³-hybridized carbons (Fsp3) is 0.286. The van der Waals surface area contributed by atoms with Crippen LogP contribution in [0.5, 0.6) is 11.5 Å². The van der Waals surface area contributed by atoms with Gasteiger partial charge in [-0.05, 0) is 66.3 Å². The van der Waals surface area contributed by atoms with Gasteiger partial charge in [0.15, 0.2) is 0 Å². The summed E-state index contributed by atoms with van der Waals surface area (Å²) in [5.41, 5.74) is 7.04. The standard InChI is InChI=1S/C21H20N2O3S.C14H12BrNO2S/c1-13-7-16(11-23(2)21(13)25)15-8-14-3-4-17(24)10-18(14)19(9-15)26-12-20-22-5-6-27-20;15-10-5-9-1-2-11(17)7-12(9)13(6-10)18-8-14-16-3-4-19-14/h5-9,11H,3-4,10,12H2,1-2H3;3-6H,1-2,7-8H2. The van der Waals surface area contributed by atoms with E-state index in [1.165, 1.54) is 5.56 Å². The number of Topliss-reactive ketones (excluding diaryl/α,β-unsaturated/α-hetero) is 2. The molecule has 7 rings (SSSR count). The Morgan fingerprint density at radius 1 is 0.761 bits per heavy atom. The Morgan fingerprint density at radius 2 is 1.33 bits per heavy atom. The van der Waals surface area contributed by atoms with Crippen LogP contribution in [0.3, 0.4) is 0 Å². The van der Waals surface area contributed by atoms with E-state index in [0.29, 0.717) is 44.5 Å². The third-order valence-corrected chi connectivity index (χ3v) is 9.99. The Morgan fingerprint density at radius 3 is 1.87 bits per heavy atom. The second kappa shape index (κ2) is 14.2. The number of ether oxygens (including phenoxy) is 2. The number of hydrogen-bond acceptors (Lipinski definition) is 9. The Balaban J connectivity index is 0.000000172. The lowest BCUT2D eigenvalue weighted by molar-refractivity contribution is -0.119.